The molecule has 0 spiro atoms. The zero-order valence-corrected chi connectivity index (χ0v) is 17.0. The van der Waals surface area contributed by atoms with Gasteiger partial charge in [0, 0.05) is 17.7 Å². The maximum atomic E-state index is 13.4. The van der Waals surface area contributed by atoms with Crippen molar-refractivity contribution in [3.05, 3.63) is 71.4 Å². The zero-order valence-electron chi connectivity index (χ0n) is 17.0. The van der Waals surface area contributed by atoms with Crippen LogP contribution in [-0.2, 0) is 20.5 Å². The number of alkyl halides is 3. The van der Waals surface area contributed by atoms with Gasteiger partial charge >= 0.3 is 12.1 Å². The molecule has 1 aliphatic carbocycles. The monoisotopic (exact) mass is 433 g/mol. The van der Waals surface area contributed by atoms with Crippen molar-refractivity contribution in [3.63, 3.8) is 0 Å². The highest BCUT2D eigenvalue weighted by molar-refractivity contribution is 6.07. The molecule has 1 N–H and O–H groups in total. The second kappa shape index (κ2) is 9.24. The second-order valence-corrected chi connectivity index (χ2v) is 7.06. The van der Waals surface area contributed by atoms with Crippen LogP contribution in [0.15, 0.2) is 60.3 Å². The van der Waals surface area contributed by atoms with E-state index in [2.05, 4.69) is 5.32 Å². The number of anilines is 1. The van der Waals surface area contributed by atoms with Crippen LogP contribution in [0, 0.1) is 5.92 Å². The molecule has 2 aromatic carbocycles. The number of ether oxygens (including phenoxy) is 2. The van der Waals surface area contributed by atoms with Crippen LogP contribution in [0.2, 0.25) is 0 Å². The van der Waals surface area contributed by atoms with E-state index >= 15 is 0 Å². The highest BCUT2D eigenvalue weighted by Gasteiger charge is 2.40. The van der Waals surface area contributed by atoms with Crippen LogP contribution in [-0.4, -0.2) is 25.5 Å². The van der Waals surface area contributed by atoms with Crippen molar-refractivity contribution in [1.82, 2.24) is 0 Å². The van der Waals surface area contributed by atoms with Crippen molar-refractivity contribution >= 4 is 17.4 Å². The third-order valence-electron chi connectivity index (χ3n) is 5.06. The minimum absolute atomic E-state index is 0.112. The van der Waals surface area contributed by atoms with Crippen LogP contribution in [0.3, 0.4) is 0 Å². The maximum absolute atomic E-state index is 13.4. The van der Waals surface area contributed by atoms with Gasteiger partial charge in [-0.2, -0.15) is 13.2 Å². The van der Waals surface area contributed by atoms with Crippen LogP contribution >= 0.6 is 0 Å². The molecule has 1 aliphatic rings. The van der Waals surface area contributed by atoms with Gasteiger partial charge in [-0.15, -0.1) is 0 Å². The highest BCUT2D eigenvalue weighted by atomic mass is 19.4. The number of allylic oxidation sites excluding steroid dienone is 2. The Hall–Kier alpha value is -3.29. The Morgan fingerprint density at radius 3 is 2.58 bits per heavy atom. The van der Waals surface area contributed by atoms with Crippen LogP contribution in [0.4, 0.5) is 18.9 Å². The molecular formula is C23H22F3NO4. The molecule has 0 saturated carbocycles. The summed E-state index contributed by atoms with van der Waals surface area (Å²) in [5.41, 5.74) is -0.0563. The van der Waals surface area contributed by atoms with Crippen molar-refractivity contribution < 1.29 is 32.2 Å². The number of rotatable bonds is 6. The normalized spacial score (nSPS) is 18.9. The summed E-state index contributed by atoms with van der Waals surface area (Å²) in [5.74, 6) is -2.35. The number of ketones is 1. The van der Waals surface area contributed by atoms with Crippen molar-refractivity contribution in [2.24, 2.45) is 5.92 Å². The molecule has 0 unspecified atom stereocenters. The summed E-state index contributed by atoms with van der Waals surface area (Å²) >= 11 is 0. The first-order valence-corrected chi connectivity index (χ1v) is 9.72. The molecule has 2 aromatic rings. The molecule has 31 heavy (non-hydrogen) atoms. The Bertz CT molecular complexity index is 1000. The Morgan fingerprint density at radius 1 is 1.16 bits per heavy atom. The predicted octanol–water partition coefficient (Wildman–Crippen LogP) is 4.95. The number of carbonyl (C=O) groups excluding carboxylic acids is 2. The Balaban J connectivity index is 1.98. The molecule has 0 amide bonds. The SMILES string of the molecule is CCOC(=O)[C@@H]1C(=O)C=C(Nc2ccccc2C(F)(F)F)C[C@H]1c1cccc(OC)c1. The molecule has 0 heterocycles. The molecule has 0 saturated heterocycles. The van der Waals surface area contributed by atoms with Gasteiger partial charge in [0.1, 0.15) is 11.7 Å². The first-order chi connectivity index (χ1) is 14.7. The minimum Gasteiger partial charge on any atom is -0.497 e. The molecule has 3 rings (SSSR count). The number of carbonyl (C=O) groups is 2. The number of methoxy groups -OCH3 is 1. The fourth-order valence-electron chi connectivity index (χ4n) is 3.67. The summed E-state index contributed by atoms with van der Waals surface area (Å²) < 4.78 is 50.4. The van der Waals surface area contributed by atoms with Gasteiger partial charge in [-0.05, 0) is 43.2 Å². The topological polar surface area (TPSA) is 64.6 Å². The molecule has 0 radical (unpaired) electrons. The summed E-state index contributed by atoms with van der Waals surface area (Å²) in [6, 6.07) is 11.9. The molecule has 0 bridgehead atoms. The van der Waals surface area contributed by atoms with E-state index in [9.17, 15) is 22.8 Å². The molecular weight excluding hydrogens is 411 g/mol. The number of benzene rings is 2. The van der Waals surface area contributed by atoms with E-state index in [1.807, 2.05) is 0 Å². The smallest absolute Gasteiger partial charge is 0.418 e. The minimum atomic E-state index is -4.55. The number of nitrogens with one attached hydrogen (secondary N) is 1. The lowest BCUT2D eigenvalue weighted by molar-refractivity contribution is -0.151. The van der Waals surface area contributed by atoms with E-state index in [4.69, 9.17) is 9.47 Å². The molecule has 5 nitrogen and oxygen atoms in total. The molecule has 0 aliphatic heterocycles. The van der Waals surface area contributed by atoms with Gasteiger partial charge in [-0.1, -0.05) is 24.3 Å². The first kappa shape index (κ1) is 22.4. The lowest BCUT2D eigenvalue weighted by Crippen LogP contribution is -2.35. The van der Waals surface area contributed by atoms with Crippen molar-refractivity contribution in [1.29, 1.82) is 0 Å². The molecule has 0 fully saturated rings. The molecule has 164 valence electrons. The number of para-hydroxylation sites is 1. The Labute approximate surface area is 177 Å². The van der Waals surface area contributed by atoms with E-state index in [-0.39, 0.29) is 24.4 Å². The van der Waals surface area contributed by atoms with E-state index in [1.54, 1.807) is 31.2 Å². The first-order valence-electron chi connectivity index (χ1n) is 9.72. The van der Waals surface area contributed by atoms with Crippen molar-refractivity contribution in [3.8, 4) is 5.75 Å². The van der Waals surface area contributed by atoms with Crippen LogP contribution in [0.25, 0.3) is 0 Å². The summed E-state index contributed by atoms with van der Waals surface area (Å²) in [4.78, 5) is 25.4. The van der Waals surface area contributed by atoms with E-state index < -0.39 is 35.3 Å². The summed E-state index contributed by atoms with van der Waals surface area (Å²) in [7, 11) is 1.49. The second-order valence-electron chi connectivity index (χ2n) is 7.06. The highest BCUT2D eigenvalue weighted by Crippen LogP contribution is 2.40. The van der Waals surface area contributed by atoms with Gasteiger partial charge < -0.3 is 14.8 Å². The van der Waals surface area contributed by atoms with Crippen LogP contribution in [0.1, 0.15) is 30.4 Å². The van der Waals surface area contributed by atoms with Gasteiger partial charge in [0.2, 0.25) is 0 Å². The summed E-state index contributed by atoms with van der Waals surface area (Å²) in [6.07, 6.45) is -3.22. The van der Waals surface area contributed by atoms with Crippen molar-refractivity contribution in [2.45, 2.75) is 25.4 Å². The number of halogens is 3. The Morgan fingerprint density at radius 2 is 1.90 bits per heavy atom. The zero-order chi connectivity index (χ0) is 22.6. The quantitative estimate of drug-likeness (QED) is 0.516. The Kier molecular flexibility index (Phi) is 6.68. The van der Waals surface area contributed by atoms with Gasteiger partial charge in [0.25, 0.3) is 0 Å². The third-order valence-corrected chi connectivity index (χ3v) is 5.06. The number of esters is 1. The van der Waals surface area contributed by atoms with E-state index in [0.29, 0.717) is 11.3 Å². The fraction of sp³-hybridized carbons (Fsp3) is 0.304. The standard InChI is InChI=1S/C23H22F3NO4/c1-3-31-22(29)21-17(14-7-6-8-16(11-14)30-2)12-15(13-20(21)28)27-19-10-5-4-9-18(19)23(24,25)26/h4-11,13,17,21,27H,3,12H2,1-2H3/t17-,21-/m0/s1. The predicted molar refractivity (Wildman–Crippen MR) is 109 cm³/mol. The third kappa shape index (κ3) is 5.07. The van der Waals surface area contributed by atoms with Gasteiger partial charge in [0.15, 0.2) is 5.78 Å². The largest absolute Gasteiger partial charge is 0.497 e. The number of hydrogen-bond donors (Lipinski definition) is 1. The summed E-state index contributed by atoms with van der Waals surface area (Å²) in [5, 5.41) is 2.74. The lowest BCUT2D eigenvalue weighted by atomic mass is 9.76. The summed E-state index contributed by atoms with van der Waals surface area (Å²) in [6.45, 7) is 1.75. The van der Waals surface area contributed by atoms with E-state index in [1.165, 1.54) is 31.4 Å². The van der Waals surface area contributed by atoms with Crippen LogP contribution in [0.5, 0.6) is 5.75 Å². The van der Waals surface area contributed by atoms with Gasteiger partial charge in [-0.25, -0.2) is 0 Å². The average Bonchev–Trinajstić information content (AvgIpc) is 2.73. The van der Waals surface area contributed by atoms with E-state index in [0.717, 1.165) is 6.07 Å². The van der Waals surface area contributed by atoms with Gasteiger partial charge in [-0.3, -0.25) is 9.59 Å². The lowest BCUT2D eigenvalue weighted by Gasteiger charge is -2.30. The molecule has 8 heteroatoms. The van der Waals surface area contributed by atoms with Gasteiger partial charge in [0.05, 0.1) is 25.0 Å². The number of hydrogen-bond acceptors (Lipinski definition) is 5. The average molecular weight is 433 g/mol. The molecule has 2 atom stereocenters. The maximum Gasteiger partial charge on any atom is 0.418 e. The van der Waals surface area contributed by atoms with Crippen LogP contribution < -0.4 is 10.1 Å². The van der Waals surface area contributed by atoms with Crippen molar-refractivity contribution in [2.75, 3.05) is 19.0 Å². The fourth-order valence-corrected chi connectivity index (χ4v) is 3.67. The molecule has 0 aromatic heterocycles.